The first-order valence-corrected chi connectivity index (χ1v) is 9.59. The van der Waals surface area contributed by atoms with E-state index >= 15 is 0 Å². The molecular weight excluding hydrogens is 325 g/mol. The topological polar surface area (TPSA) is 33.3 Å². The fraction of sp³-hybridized carbons (Fsp3) is 0.188. The van der Waals surface area contributed by atoms with Gasteiger partial charge in [-0.1, -0.05) is 0 Å². The number of anilines is 1. The monoisotopic (exact) mass is 342 g/mol. The Balaban J connectivity index is 1.84. The molecule has 2 N–H and O–H groups in total. The number of hydrogen-bond acceptors (Lipinski definition) is 3. The van der Waals surface area contributed by atoms with Gasteiger partial charge in [-0.3, -0.25) is 0 Å². The first-order chi connectivity index (χ1) is 9.80. The molecule has 0 fully saturated rings. The summed E-state index contributed by atoms with van der Waals surface area (Å²) in [5.41, 5.74) is 6.77. The molecule has 0 aliphatic carbocycles. The van der Waals surface area contributed by atoms with Crippen LogP contribution < -0.4 is 18.0 Å². The van der Waals surface area contributed by atoms with Crippen LogP contribution in [-0.2, 0) is 35.1 Å². The predicted molar refractivity (Wildman–Crippen MR) is 79.6 cm³/mol. The van der Waals surface area contributed by atoms with Crippen LogP contribution in [0.3, 0.4) is 0 Å². The van der Waals surface area contributed by atoms with E-state index in [0.717, 1.165) is 12.2 Å². The van der Waals surface area contributed by atoms with E-state index in [1.54, 1.807) is 11.7 Å². The van der Waals surface area contributed by atoms with Crippen molar-refractivity contribution < 1.29 is 33.5 Å². The molecule has 0 saturated carbocycles. The fourth-order valence-corrected chi connectivity index (χ4v) is 6.52. The average molecular weight is 342 g/mol. The summed E-state index contributed by atoms with van der Waals surface area (Å²) < 4.78 is 3.26. The molecule has 0 atom stereocenters. The summed E-state index contributed by atoms with van der Waals surface area (Å²) in [5, 5.41) is 3.17. The standard InChI is InChI=1S/C16H17N2O.Y/c1-17-15-10-8-13(9-11-15)6-7-14-4-3-5-16(12-14)19-18-2;/h3,5,8-12,17-18H,7H2,1-2H3;. The Morgan fingerprint density at radius 2 is 1.85 bits per heavy atom. The Hall–Kier alpha value is -1.03. The molecule has 0 unspecified atom stereocenters. The molecular formula is C16H17N2OY. The van der Waals surface area contributed by atoms with E-state index in [1.807, 2.05) is 7.05 Å². The molecule has 0 saturated heterocycles. The second kappa shape index (κ2) is 6.17. The molecule has 2 aromatic rings. The minimum absolute atomic E-state index is 0.820. The van der Waals surface area contributed by atoms with Crippen LogP contribution in [0.25, 0.3) is 0 Å². The van der Waals surface area contributed by atoms with Crippen LogP contribution in [0.15, 0.2) is 42.5 Å². The quantitative estimate of drug-likeness (QED) is 0.831. The van der Waals surface area contributed by atoms with Gasteiger partial charge in [0.15, 0.2) is 0 Å². The molecule has 4 heteroatoms. The number of nitrogens with one attached hydrogen (secondary N) is 2. The number of fused-ring (bicyclic) bond motifs is 1. The van der Waals surface area contributed by atoms with Gasteiger partial charge >= 0.3 is 135 Å². The van der Waals surface area contributed by atoms with Crippen LogP contribution >= 0.6 is 0 Å². The summed E-state index contributed by atoms with van der Waals surface area (Å²) in [5.74, 6) is 0.904. The van der Waals surface area contributed by atoms with Gasteiger partial charge in [0.05, 0.1) is 0 Å². The summed E-state index contributed by atoms with van der Waals surface area (Å²) in [6.07, 6.45) is 1.09. The van der Waals surface area contributed by atoms with E-state index in [9.17, 15) is 0 Å². The zero-order chi connectivity index (χ0) is 13.9. The van der Waals surface area contributed by atoms with Crippen molar-refractivity contribution in [3.63, 3.8) is 0 Å². The van der Waals surface area contributed by atoms with Gasteiger partial charge in [-0.25, -0.2) is 0 Å². The Kier molecular flexibility index (Phi) is 4.30. The van der Waals surface area contributed by atoms with Crippen LogP contribution in [0.2, 0.25) is 0 Å². The molecule has 3 nitrogen and oxygen atoms in total. The van der Waals surface area contributed by atoms with Crippen molar-refractivity contribution in [2.75, 3.05) is 19.4 Å². The summed E-state index contributed by atoms with van der Waals surface area (Å²) in [6, 6.07) is 15.3. The van der Waals surface area contributed by atoms with E-state index < -0.39 is 28.7 Å². The zero-order valence-electron chi connectivity index (χ0n) is 11.7. The van der Waals surface area contributed by atoms with E-state index in [-0.39, 0.29) is 0 Å². The molecule has 1 heterocycles. The normalized spacial score (nSPS) is 12.4. The van der Waals surface area contributed by atoms with Crippen LogP contribution in [0.1, 0.15) is 11.1 Å². The van der Waals surface area contributed by atoms with Crippen LogP contribution in [0.4, 0.5) is 5.69 Å². The van der Waals surface area contributed by atoms with Crippen molar-refractivity contribution in [2.24, 2.45) is 0 Å². The van der Waals surface area contributed by atoms with Gasteiger partial charge in [0.1, 0.15) is 0 Å². The number of hydrogen-bond donors (Lipinski definition) is 2. The van der Waals surface area contributed by atoms with Gasteiger partial charge in [-0.05, 0) is 0 Å². The van der Waals surface area contributed by atoms with Gasteiger partial charge in [0, 0.05) is 0 Å². The molecule has 1 aliphatic rings. The molecule has 3 rings (SSSR count). The molecule has 0 spiro atoms. The zero-order valence-corrected chi connectivity index (χ0v) is 14.6. The van der Waals surface area contributed by atoms with E-state index in [2.05, 4.69) is 53.3 Å². The predicted octanol–water partition coefficient (Wildman–Crippen LogP) is 1.73. The maximum absolute atomic E-state index is 5.36. The maximum atomic E-state index is 5.36. The summed E-state index contributed by atoms with van der Waals surface area (Å²) in [4.78, 5) is 5.36. The summed E-state index contributed by atoms with van der Waals surface area (Å²) >= 11 is -0.820. The van der Waals surface area contributed by atoms with E-state index in [1.165, 1.54) is 16.8 Å². The molecule has 2 aromatic carbocycles. The van der Waals surface area contributed by atoms with Crippen molar-refractivity contribution in [3.8, 4) is 5.75 Å². The van der Waals surface area contributed by atoms with Gasteiger partial charge in [0.2, 0.25) is 0 Å². The second-order valence-electron chi connectivity index (χ2n) is 4.84. The molecule has 0 bridgehead atoms. The van der Waals surface area contributed by atoms with Gasteiger partial charge in [0.25, 0.3) is 0 Å². The van der Waals surface area contributed by atoms with Gasteiger partial charge in [-0.2, -0.15) is 0 Å². The third-order valence-electron chi connectivity index (χ3n) is 3.59. The van der Waals surface area contributed by atoms with Crippen molar-refractivity contribution in [3.05, 3.63) is 53.6 Å². The van der Waals surface area contributed by atoms with Crippen LogP contribution in [0, 0.1) is 0 Å². The molecule has 100 valence electrons. The Labute approximate surface area is 134 Å². The van der Waals surface area contributed by atoms with E-state index in [4.69, 9.17) is 4.84 Å². The molecule has 20 heavy (non-hydrogen) atoms. The van der Waals surface area contributed by atoms with Crippen LogP contribution in [0.5, 0.6) is 5.75 Å². The Morgan fingerprint density at radius 1 is 1.05 bits per heavy atom. The van der Waals surface area contributed by atoms with Crippen molar-refractivity contribution >= 4 is 10.4 Å². The first-order valence-electron chi connectivity index (χ1n) is 6.75. The number of hydroxylamine groups is 1. The molecule has 1 aliphatic heterocycles. The van der Waals surface area contributed by atoms with Crippen molar-refractivity contribution in [1.82, 2.24) is 5.48 Å². The average Bonchev–Trinajstić information content (AvgIpc) is 2.91. The number of benzene rings is 2. The van der Waals surface area contributed by atoms with Crippen molar-refractivity contribution in [2.45, 2.75) is 6.42 Å². The van der Waals surface area contributed by atoms with Gasteiger partial charge < -0.3 is 0 Å². The second-order valence-corrected chi connectivity index (χ2v) is 8.79. The first kappa shape index (κ1) is 13.9. The molecule has 0 aromatic heterocycles. The Bertz CT molecular complexity index is 650. The fourth-order valence-electron chi connectivity index (χ4n) is 2.54. The van der Waals surface area contributed by atoms with E-state index in [0.29, 0.717) is 0 Å². The van der Waals surface area contributed by atoms with Gasteiger partial charge in [-0.15, -0.1) is 0 Å². The molecule has 0 radical (unpaired) electrons. The van der Waals surface area contributed by atoms with Crippen LogP contribution in [-0.4, -0.2) is 16.4 Å². The minimum atomic E-state index is -0.820. The van der Waals surface area contributed by atoms with Crippen molar-refractivity contribution in [1.29, 1.82) is 0 Å². The molecule has 0 amide bonds. The third-order valence-corrected chi connectivity index (χ3v) is 7.92. The SMILES string of the molecule is CNOc1cc[c]2c(c1)C[C](c1ccc(NC)cc1)=[Y]2. The summed E-state index contributed by atoms with van der Waals surface area (Å²) in [7, 11) is 3.74. The number of rotatable bonds is 4. The third kappa shape index (κ3) is 2.85. The summed E-state index contributed by atoms with van der Waals surface area (Å²) in [6.45, 7) is 0. The Morgan fingerprint density at radius 3 is 2.55 bits per heavy atom.